The zero-order valence-electron chi connectivity index (χ0n) is 7.16. The minimum absolute atomic E-state index is 0.0486. The molecule has 1 amide bonds. The summed E-state index contributed by atoms with van der Waals surface area (Å²) in [5, 5.41) is 17.4. The van der Waals surface area contributed by atoms with Gasteiger partial charge in [0.2, 0.25) is 0 Å². The van der Waals surface area contributed by atoms with Gasteiger partial charge in [-0.05, 0) is 12.8 Å². The normalized spacial score (nSPS) is 25.1. The Balaban J connectivity index is 2.72. The lowest BCUT2D eigenvalue weighted by Crippen LogP contribution is -2.48. The molecule has 82 valence electrons. The summed E-state index contributed by atoms with van der Waals surface area (Å²) >= 11 is 0. The first-order valence-corrected chi connectivity index (χ1v) is 4.08. The number of hydrogen-bond donors (Lipinski definition) is 2. The quantitative estimate of drug-likeness (QED) is 0.684. The van der Waals surface area contributed by atoms with E-state index in [1.54, 1.807) is 0 Å². The van der Waals surface area contributed by atoms with Crippen LogP contribution >= 0.6 is 0 Å². The van der Waals surface area contributed by atoms with Crippen LogP contribution in [0.4, 0.5) is 18.0 Å². The summed E-state index contributed by atoms with van der Waals surface area (Å²) in [6.45, 7) is 0.0487. The van der Waals surface area contributed by atoms with E-state index in [4.69, 9.17) is 10.2 Å². The van der Waals surface area contributed by atoms with E-state index in [1.165, 1.54) is 0 Å². The Morgan fingerprint density at radius 3 is 2.50 bits per heavy atom. The molecule has 1 heterocycles. The first-order chi connectivity index (χ1) is 6.34. The molecule has 7 heteroatoms. The third-order valence-corrected chi connectivity index (χ3v) is 2.24. The summed E-state index contributed by atoms with van der Waals surface area (Å²) in [7, 11) is 0. The van der Waals surface area contributed by atoms with E-state index >= 15 is 0 Å². The highest BCUT2D eigenvalue weighted by atomic mass is 19.4. The van der Waals surface area contributed by atoms with Gasteiger partial charge in [-0.15, -0.1) is 0 Å². The molecule has 1 aliphatic rings. The van der Waals surface area contributed by atoms with Crippen molar-refractivity contribution >= 4 is 6.09 Å². The molecule has 1 rings (SSSR count). The minimum Gasteiger partial charge on any atom is -0.465 e. The van der Waals surface area contributed by atoms with E-state index in [9.17, 15) is 18.0 Å². The van der Waals surface area contributed by atoms with Crippen LogP contribution in [0.3, 0.4) is 0 Å². The predicted octanol–water partition coefficient (Wildman–Crippen LogP) is 1.05. The molecule has 0 spiro atoms. The molecular weight excluding hydrogens is 203 g/mol. The molecule has 4 nitrogen and oxygen atoms in total. The van der Waals surface area contributed by atoms with E-state index < -0.39 is 24.4 Å². The van der Waals surface area contributed by atoms with Crippen LogP contribution in [0, 0.1) is 0 Å². The van der Waals surface area contributed by atoms with Crippen molar-refractivity contribution in [3.8, 4) is 0 Å². The van der Waals surface area contributed by atoms with Gasteiger partial charge >= 0.3 is 12.3 Å². The number of amides is 1. The van der Waals surface area contributed by atoms with Crippen molar-refractivity contribution in [1.29, 1.82) is 0 Å². The average molecular weight is 213 g/mol. The molecular formula is C7H10F3NO3. The van der Waals surface area contributed by atoms with Crippen LogP contribution in [0.1, 0.15) is 12.8 Å². The number of carbonyl (C=O) groups is 1. The summed E-state index contributed by atoms with van der Waals surface area (Å²) in [6, 6.07) is -1.35. The van der Waals surface area contributed by atoms with Crippen LogP contribution in [0.15, 0.2) is 0 Å². The number of rotatable bonds is 1. The van der Waals surface area contributed by atoms with Crippen LogP contribution in [0.5, 0.6) is 0 Å². The van der Waals surface area contributed by atoms with Crippen molar-refractivity contribution in [2.24, 2.45) is 0 Å². The number of alkyl halides is 3. The summed E-state index contributed by atoms with van der Waals surface area (Å²) in [4.78, 5) is 11.1. The molecule has 0 aromatic rings. The Kier molecular flexibility index (Phi) is 2.89. The summed E-state index contributed by atoms with van der Waals surface area (Å²) < 4.78 is 36.2. The Bertz CT molecular complexity index is 231. The number of likely N-dealkylation sites (tertiary alicyclic amines) is 1. The fourth-order valence-corrected chi connectivity index (χ4v) is 1.58. The number of hydrogen-bond acceptors (Lipinski definition) is 2. The van der Waals surface area contributed by atoms with Crippen molar-refractivity contribution < 1.29 is 28.2 Å². The van der Waals surface area contributed by atoms with E-state index in [2.05, 4.69) is 0 Å². The molecule has 0 saturated carbocycles. The standard InChI is InChI=1S/C7H10F3NO3/c8-7(9,10)5(12)4-2-1-3-11(4)6(13)14/h4-5,12H,1-3H2,(H,13,14)/t4-,5+/m0/s1. The molecule has 0 aromatic heterocycles. The molecule has 14 heavy (non-hydrogen) atoms. The van der Waals surface area contributed by atoms with Crippen molar-refractivity contribution in [2.75, 3.05) is 6.54 Å². The number of nitrogens with zero attached hydrogens (tertiary/aromatic N) is 1. The summed E-state index contributed by atoms with van der Waals surface area (Å²) in [5.74, 6) is 0. The largest absolute Gasteiger partial charge is 0.465 e. The SMILES string of the molecule is O=C(O)N1CCC[C@H]1[C@@H](O)C(F)(F)F. The van der Waals surface area contributed by atoms with Crippen LogP contribution < -0.4 is 0 Å². The summed E-state index contributed by atoms with van der Waals surface area (Å²) in [6.07, 6.45) is -8.36. The number of aliphatic hydroxyl groups excluding tert-OH is 1. The Morgan fingerprint density at radius 2 is 2.07 bits per heavy atom. The topological polar surface area (TPSA) is 60.8 Å². The molecule has 0 unspecified atom stereocenters. The number of carboxylic acid groups (broad SMARTS) is 1. The van der Waals surface area contributed by atoms with Crippen molar-refractivity contribution in [3.63, 3.8) is 0 Å². The third-order valence-electron chi connectivity index (χ3n) is 2.24. The molecule has 1 saturated heterocycles. The van der Waals surface area contributed by atoms with Gasteiger partial charge in [0.05, 0.1) is 6.04 Å². The predicted molar refractivity (Wildman–Crippen MR) is 39.8 cm³/mol. The molecule has 1 aliphatic heterocycles. The minimum atomic E-state index is -4.76. The molecule has 0 bridgehead atoms. The van der Waals surface area contributed by atoms with Crippen LogP contribution in [0.2, 0.25) is 0 Å². The van der Waals surface area contributed by atoms with Crippen LogP contribution in [0.25, 0.3) is 0 Å². The Morgan fingerprint density at radius 1 is 1.50 bits per heavy atom. The lowest BCUT2D eigenvalue weighted by molar-refractivity contribution is -0.217. The first-order valence-electron chi connectivity index (χ1n) is 4.08. The lowest BCUT2D eigenvalue weighted by atomic mass is 10.1. The van der Waals surface area contributed by atoms with Crippen molar-refractivity contribution in [2.45, 2.75) is 31.2 Å². The van der Waals surface area contributed by atoms with E-state index in [0.717, 1.165) is 0 Å². The van der Waals surface area contributed by atoms with Crippen molar-refractivity contribution in [3.05, 3.63) is 0 Å². The van der Waals surface area contributed by atoms with Crippen LogP contribution in [-0.2, 0) is 0 Å². The van der Waals surface area contributed by atoms with Gasteiger partial charge in [0.1, 0.15) is 0 Å². The molecule has 0 aromatic carbocycles. The van der Waals surface area contributed by atoms with Gasteiger partial charge in [0.25, 0.3) is 0 Å². The number of halogens is 3. The smallest absolute Gasteiger partial charge is 0.416 e. The maximum Gasteiger partial charge on any atom is 0.416 e. The van der Waals surface area contributed by atoms with Gasteiger partial charge in [-0.25, -0.2) is 4.79 Å². The summed E-state index contributed by atoms with van der Waals surface area (Å²) in [5.41, 5.74) is 0. The fourth-order valence-electron chi connectivity index (χ4n) is 1.58. The monoisotopic (exact) mass is 213 g/mol. The third kappa shape index (κ3) is 2.09. The molecule has 2 atom stereocenters. The van der Waals surface area contributed by atoms with Gasteiger partial charge in [-0.1, -0.05) is 0 Å². The van der Waals surface area contributed by atoms with E-state index in [1.807, 2.05) is 0 Å². The highest BCUT2D eigenvalue weighted by molar-refractivity contribution is 5.65. The van der Waals surface area contributed by atoms with Gasteiger partial charge in [-0.2, -0.15) is 13.2 Å². The number of aliphatic hydroxyl groups is 1. The Labute approximate surface area is 77.9 Å². The zero-order valence-corrected chi connectivity index (χ0v) is 7.16. The van der Waals surface area contributed by atoms with Gasteiger partial charge in [0, 0.05) is 6.54 Å². The fraction of sp³-hybridized carbons (Fsp3) is 0.857. The first kappa shape index (κ1) is 11.1. The second-order valence-corrected chi connectivity index (χ2v) is 3.17. The maximum atomic E-state index is 12.1. The Hall–Kier alpha value is -0.980. The van der Waals surface area contributed by atoms with E-state index in [-0.39, 0.29) is 13.0 Å². The van der Waals surface area contributed by atoms with Gasteiger partial charge < -0.3 is 15.1 Å². The molecule has 1 fully saturated rings. The average Bonchev–Trinajstić information content (AvgIpc) is 2.48. The lowest BCUT2D eigenvalue weighted by Gasteiger charge is -2.27. The van der Waals surface area contributed by atoms with Crippen molar-refractivity contribution in [1.82, 2.24) is 4.90 Å². The highest BCUT2D eigenvalue weighted by Gasteiger charge is 2.48. The molecule has 0 radical (unpaired) electrons. The van der Waals surface area contributed by atoms with Gasteiger partial charge in [0.15, 0.2) is 6.10 Å². The van der Waals surface area contributed by atoms with Crippen LogP contribution in [-0.4, -0.2) is 46.1 Å². The zero-order chi connectivity index (χ0) is 10.9. The highest BCUT2D eigenvalue weighted by Crippen LogP contribution is 2.30. The second kappa shape index (κ2) is 3.64. The molecule has 0 aliphatic carbocycles. The van der Waals surface area contributed by atoms with E-state index in [0.29, 0.717) is 11.3 Å². The van der Waals surface area contributed by atoms with Gasteiger partial charge in [-0.3, -0.25) is 0 Å². The molecule has 2 N–H and O–H groups in total. The maximum absolute atomic E-state index is 12.1. The second-order valence-electron chi connectivity index (χ2n) is 3.17.